The second-order valence-electron chi connectivity index (χ2n) is 4.79. The number of carbonyl (C=O) groups excluding carboxylic acids is 1. The molecule has 2 heterocycles. The van der Waals surface area contributed by atoms with Crippen LogP contribution in [0.4, 0.5) is 0 Å². The summed E-state index contributed by atoms with van der Waals surface area (Å²) in [5.74, 6) is -0.521. The van der Waals surface area contributed by atoms with Gasteiger partial charge in [-0.05, 0) is 35.6 Å². The minimum atomic E-state index is -0.780. The molecule has 0 aliphatic carbocycles. The molecule has 8 heteroatoms. The lowest BCUT2D eigenvalue weighted by molar-refractivity contribution is -0.137. The fraction of sp³-hybridized carbons (Fsp3) is 0.727. The van der Waals surface area contributed by atoms with Crippen LogP contribution in [0.5, 0.6) is 0 Å². The van der Waals surface area contributed by atoms with E-state index < -0.39 is 5.97 Å². The highest BCUT2D eigenvalue weighted by Crippen LogP contribution is 2.21. The summed E-state index contributed by atoms with van der Waals surface area (Å²) in [6.45, 7) is 1.50. The van der Waals surface area contributed by atoms with Crippen molar-refractivity contribution in [2.45, 2.75) is 32.2 Å². The van der Waals surface area contributed by atoms with E-state index in [1.165, 1.54) is 11.0 Å². The number of aromatic nitrogens is 4. The van der Waals surface area contributed by atoms with Crippen molar-refractivity contribution in [1.29, 1.82) is 0 Å². The molecule has 1 atom stereocenters. The average molecular weight is 267 g/mol. The number of hydrogen-bond donors (Lipinski definition) is 1. The third-order valence-corrected chi connectivity index (χ3v) is 3.33. The van der Waals surface area contributed by atoms with Gasteiger partial charge in [0.05, 0.1) is 0 Å². The maximum absolute atomic E-state index is 12.0. The molecule has 1 fully saturated rings. The van der Waals surface area contributed by atoms with Crippen LogP contribution in [0.25, 0.3) is 0 Å². The minimum Gasteiger partial charge on any atom is -0.481 e. The van der Waals surface area contributed by atoms with Gasteiger partial charge in [-0.3, -0.25) is 9.59 Å². The summed E-state index contributed by atoms with van der Waals surface area (Å²) in [6.07, 6.45) is 4.11. The third-order valence-electron chi connectivity index (χ3n) is 3.33. The lowest BCUT2D eigenvalue weighted by Crippen LogP contribution is -2.41. The summed E-state index contributed by atoms with van der Waals surface area (Å²) in [7, 11) is 0. The van der Waals surface area contributed by atoms with Crippen LogP contribution >= 0.6 is 0 Å². The number of carboxylic acid groups (broad SMARTS) is 1. The molecule has 104 valence electrons. The molecule has 0 saturated carbocycles. The summed E-state index contributed by atoms with van der Waals surface area (Å²) in [5.41, 5.74) is 0. The highest BCUT2D eigenvalue weighted by Gasteiger charge is 2.24. The van der Waals surface area contributed by atoms with E-state index in [1.54, 1.807) is 4.90 Å². The number of likely N-dealkylation sites (tertiary alicyclic amines) is 1. The molecule has 1 amide bonds. The summed E-state index contributed by atoms with van der Waals surface area (Å²) < 4.78 is 1.39. The van der Waals surface area contributed by atoms with Gasteiger partial charge in [-0.15, -0.1) is 5.10 Å². The SMILES string of the molecule is O=C(O)CCC1CCCN(C(=O)Cn2cnnn2)C1. The van der Waals surface area contributed by atoms with Crippen molar-refractivity contribution < 1.29 is 14.7 Å². The lowest BCUT2D eigenvalue weighted by Gasteiger charge is -2.32. The van der Waals surface area contributed by atoms with Gasteiger partial charge < -0.3 is 10.0 Å². The van der Waals surface area contributed by atoms with E-state index in [-0.39, 0.29) is 24.8 Å². The van der Waals surface area contributed by atoms with Gasteiger partial charge in [0.15, 0.2) is 0 Å². The zero-order chi connectivity index (χ0) is 13.7. The van der Waals surface area contributed by atoms with Crippen molar-refractivity contribution in [3.05, 3.63) is 6.33 Å². The molecular weight excluding hydrogens is 250 g/mol. The van der Waals surface area contributed by atoms with E-state index in [0.29, 0.717) is 13.0 Å². The minimum absolute atomic E-state index is 0.0210. The first-order chi connectivity index (χ1) is 9.15. The Kier molecular flexibility index (Phi) is 4.43. The smallest absolute Gasteiger partial charge is 0.303 e. The quantitative estimate of drug-likeness (QED) is 0.791. The Bertz CT molecular complexity index is 434. The summed E-state index contributed by atoms with van der Waals surface area (Å²) in [5, 5.41) is 19.3. The van der Waals surface area contributed by atoms with Crippen molar-refractivity contribution in [3.63, 3.8) is 0 Å². The number of carboxylic acids is 1. The summed E-state index contributed by atoms with van der Waals surface area (Å²) >= 11 is 0. The molecule has 1 aliphatic rings. The van der Waals surface area contributed by atoms with E-state index in [2.05, 4.69) is 15.5 Å². The number of nitrogens with zero attached hydrogens (tertiary/aromatic N) is 5. The van der Waals surface area contributed by atoms with E-state index in [1.807, 2.05) is 0 Å². The fourth-order valence-electron chi connectivity index (χ4n) is 2.35. The van der Waals surface area contributed by atoms with E-state index in [9.17, 15) is 9.59 Å². The highest BCUT2D eigenvalue weighted by atomic mass is 16.4. The zero-order valence-corrected chi connectivity index (χ0v) is 10.6. The molecule has 0 aromatic carbocycles. The van der Waals surface area contributed by atoms with Crippen LogP contribution in [0.15, 0.2) is 6.33 Å². The van der Waals surface area contributed by atoms with Gasteiger partial charge in [-0.2, -0.15) is 0 Å². The van der Waals surface area contributed by atoms with Gasteiger partial charge in [0.2, 0.25) is 5.91 Å². The van der Waals surface area contributed by atoms with Gasteiger partial charge in [0, 0.05) is 19.5 Å². The number of hydrogen-bond acceptors (Lipinski definition) is 5. The molecule has 0 bridgehead atoms. The Morgan fingerprint density at radius 1 is 1.42 bits per heavy atom. The fourth-order valence-corrected chi connectivity index (χ4v) is 2.35. The molecule has 19 heavy (non-hydrogen) atoms. The Balaban J connectivity index is 1.82. The summed E-state index contributed by atoms with van der Waals surface area (Å²) in [6, 6.07) is 0. The van der Waals surface area contributed by atoms with Crippen LogP contribution in [0.3, 0.4) is 0 Å². The maximum atomic E-state index is 12.0. The molecule has 1 aromatic heterocycles. The normalized spacial score (nSPS) is 19.4. The Hall–Kier alpha value is -1.99. The number of amides is 1. The molecule has 1 N–H and O–H groups in total. The van der Waals surface area contributed by atoms with Gasteiger partial charge >= 0.3 is 5.97 Å². The predicted octanol–water partition coefficient (Wildman–Crippen LogP) is -0.224. The average Bonchev–Trinajstić information content (AvgIpc) is 2.89. The van der Waals surface area contributed by atoms with Gasteiger partial charge in [-0.25, -0.2) is 4.68 Å². The predicted molar refractivity (Wildman–Crippen MR) is 64.0 cm³/mol. The lowest BCUT2D eigenvalue weighted by atomic mass is 9.93. The largest absolute Gasteiger partial charge is 0.481 e. The van der Waals surface area contributed by atoms with Crippen molar-refractivity contribution in [1.82, 2.24) is 25.1 Å². The Labute approximate surface area is 110 Å². The number of piperidine rings is 1. The standard InChI is InChI=1S/C11H17N5O3/c17-10(7-16-8-12-13-14-16)15-5-1-2-9(6-15)3-4-11(18)19/h8-9H,1-7H2,(H,18,19). The van der Waals surface area contributed by atoms with Gasteiger partial charge in [0.1, 0.15) is 12.9 Å². The molecule has 1 saturated heterocycles. The van der Waals surface area contributed by atoms with Crippen molar-refractivity contribution in [2.24, 2.45) is 5.92 Å². The second kappa shape index (κ2) is 6.26. The van der Waals surface area contributed by atoms with Crippen LogP contribution in [0.2, 0.25) is 0 Å². The second-order valence-corrected chi connectivity index (χ2v) is 4.79. The first-order valence-corrected chi connectivity index (χ1v) is 6.35. The Morgan fingerprint density at radius 2 is 2.26 bits per heavy atom. The molecule has 1 aliphatic heterocycles. The van der Waals surface area contributed by atoms with Crippen LogP contribution in [-0.2, 0) is 16.1 Å². The van der Waals surface area contributed by atoms with Crippen LogP contribution in [-0.4, -0.2) is 55.2 Å². The molecule has 0 spiro atoms. The van der Waals surface area contributed by atoms with Crippen molar-refractivity contribution in [3.8, 4) is 0 Å². The monoisotopic (exact) mass is 267 g/mol. The van der Waals surface area contributed by atoms with E-state index >= 15 is 0 Å². The summed E-state index contributed by atoms with van der Waals surface area (Å²) in [4.78, 5) is 24.4. The Morgan fingerprint density at radius 3 is 2.95 bits per heavy atom. The highest BCUT2D eigenvalue weighted by molar-refractivity contribution is 5.76. The molecule has 2 rings (SSSR count). The number of aliphatic carboxylic acids is 1. The molecular formula is C11H17N5O3. The van der Waals surface area contributed by atoms with Crippen molar-refractivity contribution in [2.75, 3.05) is 13.1 Å². The number of rotatable bonds is 5. The zero-order valence-electron chi connectivity index (χ0n) is 10.6. The first-order valence-electron chi connectivity index (χ1n) is 6.35. The molecule has 0 radical (unpaired) electrons. The van der Waals surface area contributed by atoms with Gasteiger partial charge in [0.25, 0.3) is 0 Å². The molecule has 1 aromatic rings. The topological polar surface area (TPSA) is 101 Å². The van der Waals surface area contributed by atoms with E-state index in [0.717, 1.165) is 19.4 Å². The van der Waals surface area contributed by atoms with Crippen LogP contribution in [0, 0.1) is 5.92 Å². The molecule has 1 unspecified atom stereocenters. The van der Waals surface area contributed by atoms with Crippen molar-refractivity contribution >= 4 is 11.9 Å². The van der Waals surface area contributed by atoms with E-state index in [4.69, 9.17) is 5.11 Å². The van der Waals surface area contributed by atoms with Crippen LogP contribution in [0.1, 0.15) is 25.7 Å². The van der Waals surface area contributed by atoms with Gasteiger partial charge in [-0.1, -0.05) is 0 Å². The third kappa shape index (κ3) is 4.01. The number of tetrazole rings is 1. The van der Waals surface area contributed by atoms with Crippen LogP contribution < -0.4 is 0 Å². The maximum Gasteiger partial charge on any atom is 0.303 e. The molecule has 8 nitrogen and oxygen atoms in total. The first kappa shape index (κ1) is 13.4. The number of carbonyl (C=O) groups is 2.